The quantitative estimate of drug-likeness (QED) is 0.873. The first-order valence-electron chi connectivity index (χ1n) is 6.26. The first-order valence-corrected chi connectivity index (χ1v) is 8.15. The maximum Gasteiger partial charge on any atom is 0.175 e. The van der Waals surface area contributed by atoms with Gasteiger partial charge in [-0.25, -0.2) is 8.42 Å². The van der Waals surface area contributed by atoms with Crippen molar-refractivity contribution in [2.45, 2.75) is 43.7 Å². The standard InChI is InChI=1S/C14H23NO3S/c1-11(10-14(2,3)18-4)15-12-7-6-8-13(9-12)19(5,16)17/h6-9,11,15H,10H2,1-5H3. The van der Waals surface area contributed by atoms with Gasteiger partial charge in [0.05, 0.1) is 10.5 Å². The molecule has 0 fully saturated rings. The summed E-state index contributed by atoms with van der Waals surface area (Å²) >= 11 is 0. The molecule has 0 spiro atoms. The summed E-state index contributed by atoms with van der Waals surface area (Å²) in [5, 5.41) is 3.30. The second-order valence-corrected chi connectivity index (χ2v) is 7.53. The molecular weight excluding hydrogens is 262 g/mol. The first-order chi connectivity index (χ1) is 8.64. The molecule has 0 aliphatic carbocycles. The summed E-state index contributed by atoms with van der Waals surface area (Å²) in [7, 11) is -1.47. The summed E-state index contributed by atoms with van der Waals surface area (Å²) in [6.45, 7) is 6.10. The van der Waals surface area contributed by atoms with Crippen molar-refractivity contribution in [1.29, 1.82) is 0 Å². The molecule has 0 aromatic heterocycles. The van der Waals surface area contributed by atoms with Crippen LogP contribution in [0.1, 0.15) is 27.2 Å². The summed E-state index contributed by atoms with van der Waals surface area (Å²) < 4.78 is 28.4. The fourth-order valence-corrected chi connectivity index (χ4v) is 2.64. The molecule has 0 saturated carbocycles. The van der Waals surface area contributed by atoms with Gasteiger partial charge in [-0.15, -0.1) is 0 Å². The molecule has 1 aromatic rings. The van der Waals surface area contributed by atoms with Crippen LogP contribution in [0.4, 0.5) is 5.69 Å². The molecule has 0 heterocycles. The van der Waals surface area contributed by atoms with Crippen LogP contribution in [0.15, 0.2) is 29.2 Å². The van der Waals surface area contributed by atoms with Gasteiger partial charge < -0.3 is 10.1 Å². The minimum atomic E-state index is -3.17. The Bertz CT molecular complexity index is 523. The van der Waals surface area contributed by atoms with Crippen molar-refractivity contribution in [2.75, 3.05) is 18.7 Å². The Morgan fingerprint density at radius 1 is 1.37 bits per heavy atom. The molecule has 0 saturated heterocycles. The van der Waals surface area contributed by atoms with Crippen molar-refractivity contribution >= 4 is 15.5 Å². The van der Waals surface area contributed by atoms with Crippen LogP contribution >= 0.6 is 0 Å². The lowest BCUT2D eigenvalue weighted by atomic mass is 10.00. The SMILES string of the molecule is COC(C)(C)CC(C)Nc1cccc(S(C)(=O)=O)c1. The Balaban J connectivity index is 2.78. The third-order valence-electron chi connectivity index (χ3n) is 3.03. The van der Waals surface area contributed by atoms with Crippen molar-refractivity contribution in [3.05, 3.63) is 24.3 Å². The van der Waals surface area contributed by atoms with E-state index in [-0.39, 0.29) is 11.6 Å². The van der Waals surface area contributed by atoms with Gasteiger partial charge in [0.15, 0.2) is 9.84 Å². The highest BCUT2D eigenvalue weighted by atomic mass is 32.2. The van der Waals surface area contributed by atoms with Crippen LogP contribution in [0.25, 0.3) is 0 Å². The third-order valence-corrected chi connectivity index (χ3v) is 4.14. The van der Waals surface area contributed by atoms with Crippen LogP contribution in [0.2, 0.25) is 0 Å². The number of hydrogen-bond acceptors (Lipinski definition) is 4. The van der Waals surface area contributed by atoms with E-state index >= 15 is 0 Å². The molecule has 108 valence electrons. The minimum Gasteiger partial charge on any atom is -0.382 e. The molecule has 4 nitrogen and oxygen atoms in total. The number of rotatable bonds is 6. The van der Waals surface area contributed by atoms with E-state index < -0.39 is 9.84 Å². The van der Waals surface area contributed by atoms with Crippen molar-refractivity contribution in [3.63, 3.8) is 0 Å². The van der Waals surface area contributed by atoms with Gasteiger partial charge in [-0.3, -0.25) is 0 Å². The molecule has 1 atom stereocenters. The fourth-order valence-electron chi connectivity index (χ4n) is 1.97. The molecule has 1 rings (SSSR count). The molecule has 19 heavy (non-hydrogen) atoms. The normalized spacial score (nSPS) is 14.2. The van der Waals surface area contributed by atoms with Crippen LogP contribution in [0.3, 0.4) is 0 Å². The van der Waals surface area contributed by atoms with E-state index in [2.05, 4.69) is 5.32 Å². The first kappa shape index (κ1) is 16.0. The van der Waals surface area contributed by atoms with Crippen molar-refractivity contribution in [1.82, 2.24) is 0 Å². The number of methoxy groups -OCH3 is 1. The monoisotopic (exact) mass is 285 g/mol. The molecule has 0 bridgehead atoms. The summed E-state index contributed by atoms with van der Waals surface area (Å²) in [5.74, 6) is 0. The van der Waals surface area contributed by atoms with Crippen molar-refractivity contribution in [3.8, 4) is 0 Å². The summed E-state index contributed by atoms with van der Waals surface area (Å²) in [4.78, 5) is 0.329. The van der Waals surface area contributed by atoms with E-state index in [0.717, 1.165) is 12.1 Å². The average molecular weight is 285 g/mol. The second kappa shape index (κ2) is 5.92. The molecule has 0 radical (unpaired) electrons. The van der Waals surface area contributed by atoms with Crippen LogP contribution in [-0.4, -0.2) is 33.4 Å². The largest absolute Gasteiger partial charge is 0.382 e. The Kier molecular flexibility index (Phi) is 4.98. The van der Waals surface area contributed by atoms with Crippen LogP contribution in [0.5, 0.6) is 0 Å². The highest BCUT2D eigenvalue weighted by Gasteiger charge is 2.20. The molecule has 1 N–H and O–H groups in total. The highest BCUT2D eigenvalue weighted by Crippen LogP contribution is 2.20. The maximum absolute atomic E-state index is 11.5. The average Bonchev–Trinajstić information content (AvgIpc) is 2.27. The van der Waals surface area contributed by atoms with E-state index in [0.29, 0.717) is 4.90 Å². The number of ether oxygens (including phenoxy) is 1. The third kappa shape index (κ3) is 5.20. The number of anilines is 1. The second-order valence-electron chi connectivity index (χ2n) is 5.51. The van der Waals surface area contributed by atoms with E-state index in [9.17, 15) is 8.42 Å². The van der Waals surface area contributed by atoms with Gasteiger partial charge in [0.1, 0.15) is 0 Å². The Morgan fingerprint density at radius 3 is 2.53 bits per heavy atom. The fraction of sp³-hybridized carbons (Fsp3) is 0.571. The number of nitrogens with one attached hydrogen (secondary N) is 1. The lowest BCUT2D eigenvalue weighted by molar-refractivity contribution is 0.0128. The minimum absolute atomic E-state index is 0.185. The van der Waals surface area contributed by atoms with Gasteiger partial charge in [-0.2, -0.15) is 0 Å². The summed E-state index contributed by atoms with van der Waals surface area (Å²) in [6, 6.07) is 7.05. The molecule has 5 heteroatoms. The Hall–Kier alpha value is -1.07. The van der Waals surface area contributed by atoms with E-state index in [1.54, 1.807) is 25.3 Å². The Morgan fingerprint density at radius 2 is 2.00 bits per heavy atom. The van der Waals surface area contributed by atoms with Gasteiger partial charge >= 0.3 is 0 Å². The highest BCUT2D eigenvalue weighted by molar-refractivity contribution is 7.90. The van der Waals surface area contributed by atoms with Gasteiger partial charge in [0.2, 0.25) is 0 Å². The maximum atomic E-state index is 11.5. The topological polar surface area (TPSA) is 55.4 Å². The lowest BCUT2D eigenvalue weighted by Gasteiger charge is -2.27. The van der Waals surface area contributed by atoms with Gasteiger partial charge in [0, 0.05) is 25.1 Å². The zero-order valence-electron chi connectivity index (χ0n) is 12.2. The van der Waals surface area contributed by atoms with Gasteiger partial charge in [-0.05, 0) is 45.4 Å². The van der Waals surface area contributed by atoms with Crippen LogP contribution in [-0.2, 0) is 14.6 Å². The van der Waals surface area contributed by atoms with Crippen molar-refractivity contribution in [2.24, 2.45) is 0 Å². The molecular formula is C14H23NO3S. The van der Waals surface area contributed by atoms with E-state index in [1.807, 2.05) is 26.8 Å². The van der Waals surface area contributed by atoms with Crippen LogP contribution < -0.4 is 5.32 Å². The zero-order chi connectivity index (χ0) is 14.7. The number of hydrogen-bond donors (Lipinski definition) is 1. The molecule has 1 aromatic carbocycles. The predicted molar refractivity (Wildman–Crippen MR) is 78.3 cm³/mol. The molecule has 1 unspecified atom stereocenters. The smallest absolute Gasteiger partial charge is 0.175 e. The predicted octanol–water partition coefficient (Wildman–Crippen LogP) is 2.71. The van der Waals surface area contributed by atoms with Crippen molar-refractivity contribution < 1.29 is 13.2 Å². The van der Waals surface area contributed by atoms with E-state index in [4.69, 9.17) is 4.74 Å². The number of benzene rings is 1. The number of sulfone groups is 1. The summed E-state index contributed by atoms with van der Waals surface area (Å²) in [6.07, 6.45) is 2.04. The van der Waals surface area contributed by atoms with Crippen LogP contribution in [0, 0.1) is 0 Å². The molecule has 0 aliphatic rings. The zero-order valence-corrected chi connectivity index (χ0v) is 13.0. The molecule has 0 aliphatic heterocycles. The summed E-state index contributed by atoms with van der Waals surface area (Å²) in [5.41, 5.74) is 0.600. The van der Waals surface area contributed by atoms with Gasteiger partial charge in [0.25, 0.3) is 0 Å². The lowest BCUT2D eigenvalue weighted by Crippen LogP contribution is -2.31. The van der Waals surface area contributed by atoms with E-state index in [1.165, 1.54) is 6.26 Å². The molecule has 0 amide bonds. The van der Waals surface area contributed by atoms with Gasteiger partial charge in [-0.1, -0.05) is 6.07 Å². The Labute approximate surface area is 116 Å².